The number of anilines is 1. The van der Waals surface area contributed by atoms with Crippen molar-refractivity contribution < 1.29 is 0 Å². The number of nitrogens with zero attached hydrogens (tertiary/aromatic N) is 2. The van der Waals surface area contributed by atoms with Crippen molar-refractivity contribution in [1.82, 2.24) is 9.97 Å². The summed E-state index contributed by atoms with van der Waals surface area (Å²) in [6, 6.07) is 2.54. The van der Waals surface area contributed by atoms with Gasteiger partial charge in [0.1, 0.15) is 11.6 Å². The monoisotopic (exact) mass is 233 g/mol. The van der Waals surface area contributed by atoms with E-state index in [9.17, 15) is 0 Å². The Kier molecular flexibility index (Phi) is 4.35. The molecule has 1 aliphatic rings. The zero-order valence-corrected chi connectivity index (χ0v) is 10.9. The van der Waals surface area contributed by atoms with Gasteiger partial charge in [0.15, 0.2) is 0 Å². The summed E-state index contributed by atoms with van der Waals surface area (Å²) in [5.74, 6) is 2.65. The number of aromatic nitrogens is 2. The highest BCUT2D eigenvalue weighted by molar-refractivity contribution is 5.34. The lowest BCUT2D eigenvalue weighted by Gasteiger charge is -2.30. The molecule has 0 spiro atoms. The average Bonchev–Trinajstić information content (AvgIpc) is 2.37. The van der Waals surface area contributed by atoms with Crippen LogP contribution in [0.15, 0.2) is 12.3 Å². The summed E-state index contributed by atoms with van der Waals surface area (Å²) < 4.78 is 0. The fraction of sp³-hybridized carbons (Fsp3) is 0.714. The predicted molar refractivity (Wildman–Crippen MR) is 71.0 cm³/mol. The van der Waals surface area contributed by atoms with Crippen LogP contribution in [0.25, 0.3) is 0 Å². The second kappa shape index (κ2) is 5.99. The van der Waals surface area contributed by atoms with Crippen LogP contribution in [0.3, 0.4) is 0 Å². The molecule has 3 heteroatoms. The molecule has 1 aliphatic carbocycles. The molecule has 0 aliphatic heterocycles. The first kappa shape index (κ1) is 12.3. The molecule has 1 fully saturated rings. The van der Waals surface area contributed by atoms with Crippen molar-refractivity contribution in [1.29, 1.82) is 0 Å². The summed E-state index contributed by atoms with van der Waals surface area (Å²) in [7, 11) is 0. The van der Waals surface area contributed by atoms with Crippen LogP contribution in [0, 0.1) is 12.8 Å². The van der Waals surface area contributed by atoms with Crippen molar-refractivity contribution in [2.24, 2.45) is 5.92 Å². The van der Waals surface area contributed by atoms with Gasteiger partial charge in [0.2, 0.25) is 0 Å². The van der Waals surface area contributed by atoms with E-state index in [1.54, 1.807) is 0 Å². The second-order valence-electron chi connectivity index (χ2n) is 5.05. The summed E-state index contributed by atoms with van der Waals surface area (Å²) in [5, 5.41) is 3.59. The van der Waals surface area contributed by atoms with Gasteiger partial charge in [0, 0.05) is 12.2 Å². The molecular weight excluding hydrogens is 210 g/mol. The smallest absolute Gasteiger partial charge is 0.129 e. The summed E-state index contributed by atoms with van der Waals surface area (Å²) in [6.07, 6.45) is 9.95. The van der Waals surface area contributed by atoms with Crippen LogP contribution in [0.1, 0.15) is 51.3 Å². The molecule has 1 aromatic heterocycles. The van der Waals surface area contributed by atoms with Gasteiger partial charge in [-0.1, -0.05) is 26.2 Å². The van der Waals surface area contributed by atoms with Crippen molar-refractivity contribution in [3.8, 4) is 0 Å². The van der Waals surface area contributed by atoms with Crippen molar-refractivity contribution >= 4 is 5.82 Å². The summed E-state index contributed by atoms with van der Waals surface area (Å²) in [4.78, 5) is 8.57. The van der Waals surface area contributed by atoms with E-state index in [1.807, 2.05) is 19.2 Å². The lowest BCUT2D eigenvalue weighted by atomic mass is 9.83. The molecule has 0 amide bonds. The van der Waals surface area contributed by atoms with Gasteiger partial charge in [0.25, 0.3) is 0 Å². The van der Waals surface area contributed by atoms with Crippen molar-refractivity contribution in [3.63, 3.8) is 0 Å². The van der Waals surface area contributed by atoms with E-state index in [4.69, 9.17) is 0 Å². The molecule has 0 aromatic carbocycles. The van der Waals surface area contributed by atoms with Gasteiger partial charge in [-0.2, -0.15) is 0 Å². The van der Waals surface area contributed by atoms with E-state index in [1.165, 1.54) is 38.5 Å². The normalized spacial score (nSPS) is 18.9. The van der Waals surface area contributed by atoms with Crippen molar-refractivity contribution in [2.75, 3.05) is 5.32 Å². The number of hydrogen-bond acceptors (Lipinski definition) is 3. The van der Waals surface area contributed by atoms with Crippen LogP contribution >= 0.6 is 0 Å². The summed E-state index contributed by atoms with van der Waals surface area (Å²) in [5.41, 5.74) is 0. The van der Waals surface area contributed by atoms with Crippen molar-refractivity contribution in [3.05, 3.63) is 18.1 Å². The lowest BCUT2D eigenvalue weighted by molar-refractivity contribution is 0.312. The molecule has 0 radical (unpaired) electrons. The minimum Gasteiger partial charge on any atom is -0.367 e. The number of nitrogens with one attached hydrogen (secondary N) is 1. The van der Waals surface area contributed by atoms with Gasteiger partial charge in [-0.15, -0.1) is 0 Å². The maximum absolute atomic E-state index is 4.43. The topological polar surface area (TPSA) is 37.8 Å². The first-order valence-corrected chi connectivity index (χ1v) is 6.85. The average molecular weight is 233 g/mol. The fourth-order valence-corrected chi connectivity index (χ4v) is 2.82. The molecule has 3 nitrogen and oxygen atoms in total. The van der Waals surface area contributed by atoms with E-state index >= 15 is 0 Å². The van der Waals surface area contributed by atoms with Crippen LogP contribution in [0.4, 0.5) is 5.82 Å². The van der Waals surface area contributed by atoms with Gasteiger partial charge in [-0.25, -0.2) is 9.97 Å². The van der Waals surface area contributed by atoms with E-state index < -0.39 is 0 Å². The standard InChI is InChI=1S/C14H23N3/c1-3-13(12-7-5-4-6-8-12)17-14-9-10-15-11(2)16-14/h9-10,12-13H,3-8H2,1-2H3,(H,15,16,17). The number of rotatable bonds is 4. The molecule has 94 valence electrons. The first-order chi connectivity index (χ1) is 8.29. The third kappa shape index (κ3) is 3.42. The lowest BCUT2D eigenvalue weighted by Crippen LogP contribution is -2.30. The fourth-order valence-electron chi connectivity index (χ4n) is 2.82. The molecule has 1 N–H and O–H groups in total. The Hall–Kier alpha value is -1.12. The second-order valence-corrected chi connectivity index (χ2v) is 5.05. The number of aryl methyl sites for hydroxylation is 1. The highest BCUT2D eigenvalue weighted by Crippen LogP contribution is 2.29. The van der Waals surface area contributed by atoms with E-state index in [-0.39, 0.29) is 0 Å². The Morgan fingerprint density at radius 2 is 2.12 bits per heavy atom. The molecule has 1 heterocycles. The minimum absolute atomic E-state index is 0.574. The molecule has 0 saturated heterocycles. The Bertz CT molecular complexity index is 345. The molecule has 1 atom stereocenters. The summed E-state index contributed by atoms with van der Waals surface area (Å²) in [6.45, 7) is 4.20. The van der Waals surface area contributed by atoms with E-state index in [0.717, 1.165) is 17.6 Å². The highest BCUT2D eigenvalue weighted by Gasteiger charge is 2.22. The third-order valence-corrected chi connectivity index (χ3v) is 3.77. The minimum atomic E-state index is 0.574. The van der Waals surface area contributed by atoms with Gasteiger partial charge in [-0.3, -0.25) is 0 Å². The van der Waals surface area contributed by atoms with Crippen LogP contribution in [0.2, 0.25) is 0 Å². The largest absolute Gasteiger partial charge is 0.367 e. The first-order valence-electron chi connectivity index (χ1n) is 6.85. The highest BCUT2D eigenvalue weighted by atomic mass is 15.0. The quantitative estimate of drug-likeness (QED) is 0.864. The maximum atomic E-state index is 4.43. The van der Waals surface area contributed by atoms with Crippen molar-refractivity contribution in [2.45, 2.75) is 58.4 Å². The molecule has 2 rings (SSSR count). The summed E-state index contributed by atoms with van der Waals surface area (Å²) >= 11 is 0. The van der Waals surface area contributed by atoms with E-state index in [2.05, 4.69) is 22.2 Å². The van der Waals surface area contributed by atoms with Gasteiger partial charge in [0.05, 0.1) is 0 Å². The number of hydrogen-bond donors (Lipinski definition) is 1. The Morgan fingerprint density at radius 1 is 1.35 bits per heavy atom. The molecule has 1 unspecified atom stereocenters. The molecule has 1 aromatic rings. The predicted octanol–water partition coefficient (Wildman–Crippen LogP) is 3.56. The van der Waals surface area contributed by atoms with Crippen LogP contribution in [-0.2, 0) is 0 Å². The zero-order chi connectivity index (χ0) is 12.1. The maximum Gasteiger partial charge on any atom is 0.129 e. The molecule has 1 saturated carbocycles. The van der Waals surface area contributed by atoms with Crippen LogP contribution < -0.4 is 5.32 Å². The Morgan fingerprint density at radius 3 is 2.76 bits per heavy atom. The van der Waals surface area contributed by atoms with Gasteiger partial charge < -0.3 is 5.32 Å². The van der Waals surface area contributed by atoms with Gasteiger partial charge >= 0.3 is 0 Å². The Balaban J connectivity index is 1.98. The van der Waals surface area contributed by atoms with Crippen LogP contribution in [-0.4, -0.2) is 16.0 Å². The van der Waals surface area contributed by atoms with Gasteiger partial charge in [-0.05, 0) is 38.2 Å². The SMILES string of the molecule is CCC(Nc1ccnc(C)n1)C1CCCCC1. The zero-order valence-electron chi connectivity index (χ0n) is 10.9. The molecule has 17 heavy (non-hydrogen) atoms. The van der Waals surface area contributed by atoms with E-state index in [0.29, 0.717) is 6.04 Å². The Labute approximate surface area is 104 Å². The third-order valence-electron chi connectivity index (χ3n) is 3.77. The molecular formula is C14H23N3. The molecule has 0 bridgehead atoms. The van der Waals surface area contributed by atoms with Crippen LogP contribution in [0.5, 0.6) is 0 Å².